The van der Waals surface area contributed by atoms with Gasteiger partial charge in [-0.25, -0.2) is 9.78 Å². The standard InChI is InChI=1S/C11H13N3O3/c1-3-14-6(2)10(15)13-8-4-7(11(16)17)5-12-9(8)14/h4-6H,3H2,1-2H3,(H,13,15)(H,16,17)/t6-/m0/s1. The van der Waals surface area contributed by atoms with Crippen LogP contribution in [0.1, 0.15) is 24.2 Å². The maximum Gasteiger partial charge on any atom is 0.337 e. The molecule has 0 spiro atoms. The molecule has 1 aromatic heterocycles. The molecular weight excluding hydrogens is 222 g/mol. The summed E-state index contributed by atoms with van der Waals surface area (Å²) in [6, 6.07) is 1.13. The fourth-order valence-corrected chi connectivity index (χ4v) is 1.88. The minimum absolute atomic E-state index is 0.0645. The SMILES string of the molecule is CCN1c2ncc(C(=O)O)cc2NC(=O)[C@@H]1C. The molecule has 2 rings (SSSR count). The lowest BCUT2D eigenvalue weighted by atomic mass is 10.1. The van der Waals surface area contributed by atoms with Crippen LogP contribution >= 0.6 is 0 Å². The molecule has 17 heavy (non-hydrogen) atoms. The minimum atomic E-state index is -1.06. The lowest BCUT2D eigenvalue weighted by Crippen LogP contribution is -2.46. The van der Waals surface area contributed by atoms with Gasteiger partial charge in [0.2, 0.25) is 5.91 Å². The van der Waals surface area contributed by atoms with Crippen molar-refractivity contribution < 1.29 is 14.7 Å². The summed E-state index contributed by atoms with van der Waals surface area (Å²) in [5.74, 6) is -0.593. The van der Waals surface area contributed by atoms with Crippen LogP contribution in [0, 0.1) is 0 Å². The molecule has 2 N–H and O–H groups in total. The molecule has 0 unspecified atom stereocenters. The average Bonchev–Trinajstić information content (AvgIpc) is 2.30. The van der Waals surface area contributed by atoms with E-state index in [1.165, 1.54) is 12.3 Å². The Morgan fingerprint density at radius 2 is 2.35 bits per heavy atom. The van der Waals surface area contributed by atoms with Gasteiger partial charge in [0.15, 0.2) is 5.82 Å². The number of aromatic carboxylic acids is 1. The van der Waals surface area contributed by atoms with Crippen molar-refractivity contribution >= 4 is 23.4 Å². The molecule has 0 radical (unpaired) electrons. The van der Waals surface area contributed by atoms with E-state index >= 15 is 0 Å². The summed E-state index contributed by atoms with van der Waals surface area (Å²) in [5, 5.41) is 11.5. The molecular formula is C11H13N3O3. The Balaban J connectivity index is 2.49. The zero-order valence-electron chi connectivity index (χ0n) is 9.60. The number of fused-ring (bicyclic) bond motifs is 1. The molecule has 0 bridgehead atoms. The van der Waals surface area contributed by atoms with Gasteiger partial charge in [-0.3, -0.25) is 4.79 Å². The molecule has 90 valence electrons. The van der Waals surface area contributed by atoms with Crippen molar-refractivity contribution in [3.05, 3.63) is 17.8 Å². The van der Waals surface area contributed by atoms with Gasteiger partial charge >= 0.3 is 5.97 Å². The van der Waals surface area contributed by atoms with Crippen LogP contribution in [0.5, 0.6) is 0 Å². The third kappa shape index (κ3) is 1.82. The van der Waals surface area contributed by atoms with Crippen LogP contribution in [0.4, 0.5) is 11.5 Å². The van der Waals surface area contributed by atoms with Crippen LogP contribution in [-0.2, 0) is 4.79 Å². The zero-order chi connectivity index (χ0) is 12.6. The summed E-state index contributed by atoms with van der Waals surface area (Å²) in [5.41, 5.74) is 0.518. The number of carbonyl (C=O) groups is 2. The van der Waals surface area contributed by atoms with E-state index in [-0.39, 0.29) is 17.5 Å². The van der Waals surface area contributed by atoms with Crippen LogP contribution in [0.2, 0.25) is 0 Å². The Morgan fingerprint density at radius 1 is 1.65 bits per heavy atom. The Morgan fingerprint density at radius 3 is 2.94 bits per heavy atom. The summed E-state index contributed by atoms with van der Waals surface area (Å²) < 4.78 is 0. The summed E-state index contributed by atoms with van der Waals surface area (Å²) in [6.45, 7) is 4.35. The Bertz CT molecular complexity index is 487. The number of aromatic nitrogens is 1. The van der Waals surface area contributed by atoms with Crippen molar-refractivity contribution in [3.8, 4) is 0 Å². The number of rotatable bonds is 2. The van der Waals surface area contributed by atoms with Gasteiger partial charge in [-0.05, 0) is 19.9 Å². The number of carboxylic acids is 1. The van der Waals surface area contributed by atoms with E-state index in [1.807, 2.05) is 11.8 Å². The number of hydrogen-bond donors (Lipinski definition) is 2. The third-order valence-corrected chi connectivity index (χ3v) is 2.83. The fraction of sp³-hybridized carbons (Fsp3) is 0.364. The largest absolute Gasteiger partial charge is 0.478 e. The molecule has 0 aliphatic carbocycles. The van der Waals surface area contributed by atoms with Crippen LogP contribution in [-0.4, -0.2) is 34.6 Å². The zero-order valence-corrected chi connectivity index (χ0v) is 9.60. The van der Waals surface area contributed by atoms with Crippen molar-refractivity contribution in [3.63, 3.8) is 0 Å². The van der Waals surface area contributed by atoms with Gasteiger partial charge in [0.25, 0.3) is 0 Å². The Labute approximate surface area is 98.3 Å². The number of nitrogens with zero attached hydrogens (tertiary/aromatic N) is 2. The second-order valence-corrected chi connectivity index (χ2v) is 3.85. The number of anilines is 2. The summed E-state index contributed by atoms with van der Waals surface area (Å²) >= 11 is 0. The quantitative estimate of drug-likeness (QED) is 0.797. The van der Waals surface area contributed by atoms with E-state index in [0.29, 0.717) is 18.1 Å². The number of nitrogens with one attached hydrogen (secondary N) is 1. The predicted octanol–water partition coefficient (Wildman–Crippen LogP) is 0.947. The summed E-state index contributed by atoms with van der Waals surface area (Å²) in [4.78, 5) is 28.4. The third-order valence-electron chi connectivity index (χ3n) is 2.83. The first-order valence-electron chi connectivity index (χ1n) is 5.35. The van der Waals surface area contributed by atoms with Crippen LogP contribution in [0.25, 0.3) is 0 Å². The molecule has 0 saturated carbocycles. The van der Waals surface area contributed by atoms with E-state index in [4.69, 9.17) is 5.11 Å². The highest BCUT2D eigenvalue weighted by Crippen LogP contribution is 2.30. The van der Waals surface area contributed by atoms with Gasteiger partial charge in [-0.15, -0.1) is 0 Å². The van der Waals surface area contributed by atoms with Crippen molar-refractivity contribution in [2.75, 3.05) is 16.8 Å². The second-order valence-electron chi connectivity index (χ2n) is 3.85. The number of carbonyl (C=O) groups excluding carboxylic acids is 1. The Hall–Kier alpha value is -2.11. The van der Waals surface area contributed by atoms with Crippen LogP contribution in [0.3, 0.4) is 0 Å². The predicted molar refractivity (Wildman–Crippen MR) is 62.3 cm³/mol. The first-order chi connectivity index (χ1) is 8.04. The first kappa shape index (κ1) is 11.4. The lowest BCUT2D eigenvalue weighted by Gasteiger charge is -2.34. The molecule has 1 amide bonds. The minimum Gasteiger partial charge on any atom is -0.478 e. The fourth-order valence-electron chi connectivity index (χ4n) is 1.88. The highest BCUT2D eigenvalue weighted by atomic mass is 16.4. The maximum absolute atomic E-state index is 11.7. The lowest BCUT2D eigenvalue weighted by molar-refractivity contribution is -0.117. The maximum atomic E-state index is 11.7. The molecule has 1 aromatic rings. The molecule has 0 fully saturated rings. The number of carboxylic acid groups (broad SMARTS) is 1. The highest BCUT2D eigenvalue weighted by molar-refractivity contribution is 6.03. The normalized spacial score (nSPS) is 18.6. The van der Waals surface area contributed by atoms with Gasteiger partial charge in [0, 0.05) is 12.7 Å². The van der Waals surface area contributed by atoms with Crippen molar-refractivity contribution in [1.82, 2.24) is 4.98 Å². The Kier molecular flexibility index (Phi) is 2.71. The molecule has 1 atom stereocenters. The topological polar surface area (TPSA) is 82.5 Å². The molecule has 0 aromatic carbocycles. The first-order valence-corrected chi connectivity index (χ1v) is 5.35. The van der Waals surface area contributed by atoms with Gasteiger partial charge in [-0.1, -0.05) is 0 Å². The molecule has 6 heteroatoms. The second kappa shape index (κ2) is 4.04. The van der Waals surface area contributed by atoms with Crippen LogP contribution in [0.15, 0.2) is 12.3 Å². The number of likely N-dealkylation sites (N-methyl/N-ethyl adjacent to an activating group) is 1. The van der Waals surface area contributed by atoms with E-state index in [0.717, 1.165) is 0 Å². The van der Waals surface area contributed by atoms with E-state index < -0.39 is 5.97 Å². The molecule has 2 heterocycles. The van der Waals surface area contributed by atoms with Gasteiger partial charge in [0.1, 0.15) is 6.04 Å². The number of hydrogen-bond acceptors (Lipinski definition) is 4. The van der Waals surface area contributed by atoms with Crippen molar-refractivity contribution in [2.24, 2.45) is 0 Å². The van der Waals surface area contributed by atoms with E-state index in [9.17, 15) is 9.59 Å². The van der Waals surface area contributed by atoms with Crippen molar-refractivity contribution in [2.45, 2.75) is 19.9 Å². The van der Waals surface area contributed by atoms with Crippen LogP contribution < -0.4 is 10.2 Å². The molecule has 1 aliphatic rings. The van der Waals surface area contributed by atoms with Gasteiger partial charge in [-0.2, -0.15) is 0 Å². The van der Waals surface area contributed by atoms with Gasteiger partial charge < -0.3 is 15.3 Å². The molecule has 0 saturated heterocycles. The van der Waals surface area contributed by atoms with E-state index in [2.05, 4.69) is 10.3 Å². The smallest absolute Gasteiger partial charge is 0.337 e. The number of pyridine rings is 1. The van der Waals surface area contributed by atoms with E-state index in [1.54, 1.807) is 6.92 Å². The average molecular weight is 235 g/mol. The molecule has 1 aliphatic heterocycles. The highest BCUT2D eigenvalue weighted by Gasteiger charge is 2.29. The van der Waals surface area contributed by atoms with Gasteiger partial charge in [0.05, 0.1) is 11.3 Å². The monoisotopic (exact) mass is 235 g/mol. The summed E-state index contributed by atoms with van der Waals surface area (Å²) in [7, 11) is 0. The number of amides is 1. The van der Waals surface area contributed by atoms with Crippen molar-refractivity contribution in [1.29, 1.82) is 0 Å². The molecule has 6 nitrogen and oxygen atoms in total. The summed E-state index contributed by atoms with van der Waals surface area (Å²) in [6.07, 6.45) is 1.30.